The molecule has 1 aromatic heterocycles. The van der Waals surface area contributed by atoms with Crippen molar-refractivity contribution in [2.45, 2.75) is 70.3 Å². The highest BCUT2D eigenvalue weighted by atomic mass is 32.2. The summed E-state index contributed by atoms with van der Waals surface area (Å²) in [6, 6.07) is -0.338. The highest BCUT2D eigenvalue weighted by Crippen LogP contribution is 2.25. The Hall–Kier alpha value is -1.25. The lowest BCUT2D eigenvalue weighted by Crippen LogP contribution is -2.36. The molecule has 0 aliphatic heterocycles. The Bertz CT molecular complexity index is 598. The molecule has 1 aromatic rings. The molecule has 0 saturated heterocycles. The van der Waals surface area contributed by atoms with Crippen LogP contribution < -0.4 is 8.75 Å². The number of aromatic nitrogens is 2. The van der Waals surface area contributed by atoms with Gasteiger partial charge in [-0.3, -0.25) is 0 Å². The minimum Gasteiger partial charge on any atom is -0.302 e. The third-order valence-electron chi connectivity index (χ3n) is 3.74. The van der Waals surface area contributed by atoms with Gasteiger partial charge in [0.1, 0.15) is 12.4 Å². The molecule has 0 aliphatic rings. The largest absolute Gasteiger partial charge is 0.534 e. The van der Waals surface area contributed by atoms with Crippen molar-refractivity contribution in [3.63, 3.8) is 0 Å². The average Bonchev–Trinajstić information content (AvgIpc) is 2.81. The van der Waals surface area contributed by atoms with Gasteiger partial charge in [0.15, 0.2) is 0 Å². The first kappa shape index (κ1) is 20.8. The third kappa shape index (κ3) is 6.33. The highest BCUT2D eigenvalue weighted by molar-refractivity contribution is 7.87. The molecule has 0 aromatic carbocycles. The van der Waals surface area contributed by atoms with E-state index >= 15 is 0 Å². The molecule has 24 heavy (non-hydrogen) atoms. The SMILES string of the molecule is CCCCCCCCCCn1cc[n+](C)c1OS(=O)(=O)C(F)(F)F. The first-order valence-corrected chi connectivity index (χ1v) is 9.65. The molecule has 0 spiro atoms. The Morgan fingerprint density at radius 1 is 1.08 bits per heavy atom. The van der Waals surface area contributed by atoms with Gasteiger partial charge >= 0.3 is 21.6 Å². The van der Waals surface area contributed by atoms with Crippen LogP contribution in [0.15, 0.2) is 12.4 Å². The van der Waals surface area contributed by atoms with Crippen molar-refractivity contribution in [1.29, 1.82) is 0 Å². The van der Waals surface area contributed by atoms with E-state index in [1.54, 1.807) is 0 Å². The fourth-order valence-corrected chi connectivity index (χ4v) is 2.85. The van der Waals surface area contributed by atoms with Crippen LogP contribution in [0.5, 0.6) is 6.01 Å². The van der Waals surface area contributed by atoms with Crippen molar-refractivity contribution in [3.8, 4) is 6.01 Å². The van der Waals surface area contributed by atoms with Gasteiger partial charge in [0.25, 0.3) is 0 Å². The maximum absolute atomic E-state index is 12.4. The van der Waals surface area contributed by atoms with Gasteiger partial charge in [-0.25, -0.2) is 0 Å². The van der Waals surface area contributed by atoms with Crippen molar-refractivity contribution in [1.82, 2.24) is 4.57 Å². The molecule has 140 valence electrons. The van der Waals surface area contributed by atoms with Crippen LogP contribution in [-0.2, 0) is 23.7 Å². The minimum absolute atomic E-state index is 0.338. The molecule has 0 amide bonds. The van der Waals surface area contributed by atoms with E-state index in [1.165, 1.54) is 54.3 Å². The smallest absolute Gasteiger partial charge is 0.302 e. The zero-order valence-electron chi connectivity index (χ0n) is 14.2. The van der Waals surface area contributed by atoms with Crippen molar-refractivity contribution in [2.24, 2.45) is 7.05 Å². The molecule has 0 N–H and O–H groups in total. The van der Waals surface area contributed by atoms with Crippen LogP contribution in [0.3, 0.4) is 0 Å². The minimum atomic E-state index is -5.66. The summed E-state index contributed by atoms with van der Waals surface area (Å²) in [5.74, 6) is 0. The topological polar surface area (TPSA) is 52.2 Å². The number of alkyl halides is 3. The van der Waals surface area contributed by atoms with Gasteiger partial charge in [0, 0.05) is 0 Å². The molecule has 0 saturated carbocycles. The quantitative estimate of drug-likeness (QED) is 0.258. The summed E-state index contributed by atoms with van der Waals surface area (Å²) in [5, 5.41) is 0. The molecule has 9 heteroatoms. The third-order valence-corrected chi connectivity index (χ3v) is 4.67. The molecule has 0 aliphatic carbocycles. The van der Waals surface area contributed by atoms with Gasteiger partial charge in [-0.15, -0.1) is 0 Å². The number of hydrogen-bond acceptors (Lipinski definition) is 3. The monoisotopic (exact) mass is 371 g/mol. The fourth-order valence-electron chi connectivity index (χ4n) is 2.35. The van der Waals surface area contributed by atoms with E-state index in [-0.39, 0.29) is 6.01 Å². The van der Waals surface area contributed by atoms with Crippen LogP contribution in [0.4, 0.5) is 13.2 Å². The van der Waals surface area contributed by atoms with Crippen molar-refractivity contribution in [3.05, 3.63) is 12.4 Å². The molecular weight excluding hydrogens is 345 g/mol. The normalized spacial score (nSPS) is 12.5. The lowest BCUT2D eigenvalue weighted by Gasteiger charge is -2.08. The molecule has 1 rings (SSSR count). The molecule has 0 atom stereocenters. The van der Waals surface area contributed by atoms with E-state index < -0.39 is 15.6 Å². The summed E-state index contributed by atoms with van der Waals surface area (Å²) in [5.41, 5.74) is -5.44. The molecule has 0 unspecified atom stereocenters. The Labute approximate surface area is 141 Å². The maximum atomic E-state index is 12.4. The average molecular weight is 371 g/mol. The summed E-state index contributed by atoms with van der Waals surface area (Å²) < 4.78 is 66.5. The predicted octanol–water partition coefficient (Wildman–Crippen LogP) is 3.68. The van der Waals surface area contributed by atoms with Crippen molar-refractivity contribution >= 4 is 10.1 Å². The van der Waals surface area contributed by atoms with Crippen LogP contribution in [0.2, 0.25) is 0 Å². The van der Waals surface area contributed by atoms with E-state index in [4.69, 9.17) is 0 Å². The fraction of sp³-hybridized carbons (Fsp3) is 0.800. The van der Waals surface area contributed by atoms with Crippen LogP contribution in [-0.4, -0.2) is 18.5 Å². The number of nitrogens with zero attached hydrogens (tertiary/aromatic N) is 2. The van der Waals surface area contributed by atoms with E-state index in [9.17, 15) is 21.6 Å². The van der Waals surface area contributed by atoms with E-state index in [1.807, 2.05) is 0 Å². The second-order valence-corrected chi connectivity index (χ2v) is 7.38. The molecule has 0 fully saturated rings. The number of imidazole rings is 1. The molecule has 0 bridgehead atoms. The first-order chi connectivity index (χ1) is 11.2. The summed E-state index contributed by atoms with van der Waals surface area (Å²) in [6.07, 6.45) is 11.8. The Kier molecular flexibility index (Phi) is 8.05. The van der Waals surface area contributed by atoms with E-state index in [0.717, 1.165) is 25.7 Å². The number of unbranched alkanes of at least 4 members (excludes halogenated alkanes) is 7. The van der Waals surface area contributed by atoms with Gasteiger partial charge in [0.05, 0.1) is 13.6 Å². The van der Waals surface area contributed by atoms with Gasteiger partial charge in [-0.1, -0.05) is 45.4 Å². The Morgan fingerprint density at radius 3 is 2.17 bits per heavy atom. The number of hydrogen-bond donors (Lipinski definition) is 0. The molecule has 5 nitrogen and oxygen atoms in total. The van der Waals surface area contributed by atoms with Crippen LogP contribution in [0, 0.1) is 0 Å². The highest BCUT2D eigenvalue weighted by Gasteiger charge is 2.50. The van der Waals surface area contributed by atoms with Crippen LogP contribution in [0.25, 0.3) is 0 Å². The number of aryl methyl sites for hydroxylation is 2. The Balaban J connectivity index is 2.48. The standard InChI is InChI=1S/C15H26F3N2O3S/c1-3-4-5-6-7-8-9-10-11-20-13-12-19(2)14(20)23-24(21,22)15(16,17)18/h12-13H,3-11H2,1-2H3/q+1. The number of halogens is 3. The second-order valence-electron chi connectivity index (χ2n) is 5.84. The second kappa shape index (κ2) is 9.29. The summed E-state index contributed by atoms with van der Waals surface area (Å²) in [6.45, 7) is 2.58. The number of rotatable bonds is 11. The summed E-state index contributed by atoms with van der Waals surface area (Å²) in [4.78, 5) is 0. The zero-order valence-corrected chi connectivity index (χ0v) is 15.0. The first-order valence-electron chi connectivity index (χ1n) is 8.24. The summed E-state index contributed by atoms with van der Waals surface area (Å²) >= 11 is 0. The van der Waals surface area contributed by atoms with Crippen molar-refractivity contribution in [2.75, 3.05) is 0 Å². The van der Waals surface area contributed by atoms with Gasteiger partial charge < -0.3 is 4.18 Å². The molecule has 1 heterocycles. The van der Waals surface area contributed by atoms with Gasteiger partial charge in [0.2, 0.25) is 0 Å². The lowest BCUT2D eigenvalue weighted by molar-refractivity contribution is -0.674. The lowest BCUT2D eigenvalue weighted by atomic mass is 10.1. The summed E-state index contributed by atoms with van der Waals surface area (Å²) in [7, 11) is -4.22. The van der Waals surface area contributed by atoms with E-state index in [2.05, 4.69) is 11.1 Å². The zero-order chi connectivity index (χ0) is 18.2. The molecule has 0 radical (unpaired) electrons. The van der Waals surface area contributed by atoms with E-state index in [0.29, 0.717) is 6.54 Å². The van der Waals surface area contributed by atoms with Crippen molar-refractivity contribution < 1.29 is 30.3 Å². The maximum Gasteiger partial charge on any atom is 0.534 e. The molecular formula is C15H26F3N2O3S+. The van der Waals surface area contributed by atoms with Gasteiger partial charge in [-0.2, -0.15) is 30.7 Å². The predicted molar refractivity (Wildman–Crippen MR) is 83.8 cm³/mol. The van der Waals surface area contributed by atoms with Crippen LogP contribution in [0.1, 0.15) is 58.3 Å². The van der Waals surface area contributed by atoms with Crippen LogP contribution >= 0.6 is 0 Å². The van der Waals surface area contributed by atoms with Gasteiger partial charge in [-0.05, 0) is 12.8 Å². The Morgan fingerprint density at radius 2 is 1.62 bits per heavy atom.